The molecule has 0 spiro atoms. The third kappa shape index (κ3) is 4.39. The summed E-state index contributed by atoms with van der Waals surface area (Å²) < 4.78 is 11.2. The van der Waals surface area contributed by atoms with Crippen LogP contribution in [0, 0.1) is 6.92 Å². The van der Waals surface area contributed by atoms with Crippen LogP contribution in [0.1, 0.15) is 21.5 Å². The monoisotopic (exact) mass is 344 g/mol. The highest BCUT2D eigenvalue weighted by molar-refractivity contribution is 6.08. The summed E-state index contributed by atoms with van der Waals surface area (Å²) in [5.74, 6) is 1.79. The Morgan fingerprint density at radius 3 is 2.00 bits per heavy atom. The van der Waals surface area contributed by atoms with Crippen LogP contribution in [0.4, 0.5) is 0 Å². The molecule has 0 bridgehead atoms. The molecule has 0 aliphatic heterocycles. The standard InChI is InChI=1S/C23H20O3/c1-17-8-10-19(11-9-17)23(16-22(24)18-6-4-3-5-7-18)26-21-14-12-20(25-2)13-15-21/h3-16H,1-2H3/b23-16+. The number of methoxy groups -OCH3 is 1. The topological polar surface area (TPSA) is 35.5 Å². The van der Waals surface area contributed by atoms with Crippen LogP contribution in [0.5, 0.6) is 11.5 Å². The minimum atomic E-state index is -0.102. The molecule has 0 N–H and O–H groups in total. The molecule has 0 heterocycles. The van der Waals surface area contributed by atoms with E-state index in [0.717, 1.165) is 16.9 Å². The molecular weight excluding hydrogens is 324 g/mol. The summed E-state index contributed by atoms with van der Waals surface area (Å²) in [5.41, 5.74) is 2.61. The van der Waals surface area contributed by atoms with Gasteiger partial charge in [-0.1, -0.05) is 60.2 Å². The first-order valence-electron chi connectivity index (χ1n) is 8.36. The van der Waals surface area contributed by atoms with Crippen molar-refractivity contribution in [1.29, 1.82) is 0 Å². The molecule has 0 atom stereocenters. The van der Waals surface area contributed by atoms with Crippen LogP contribution >= 0.6 is 0 Å². The number of rotatable bonds is 6. The molecule has 3 aromatic rings. The van der Waals surface area contributed by atoms with Gasteiger partial charge in [-0.25, -0.2) is 0 Å². The van der Waals surface area contributed by atoms with Crippen molar-refractivity contribution in [2.75, 3.05) is 7.11 Å². The molecule has 0 amide bonds. The third-order valence-corrected chi connectivity index (χ3v) is 3.94. The average Bonchev–Trinajstić information content (AvgIpc) is 2.69. The zero-order valence-corrected chi connectivity index (χ0v) is 14.8. The number of carbonyl (C=O) groups is 1. The second-order valence-corrected chi connectivity index (χ2v) is 5.88. The van der Waals surface area contributed by atoms with Gasteiger partial charge in [0, 0.05) is 17.2 Å². The number of ether oxygens (including phenoxy) is 2. The van der Waals surface area contributed by atoms with Crippen LogP contribution in [0.15, 0.2) is 84.9 Å². The molecule has 0 unspecified atom stereocenters. The zero-order chi connectivity index (χ0) is 18.4. The SMILES string of the molecule is COc1ccc(O/C(=C/C(=O)c2ccccc2)c2ccc(C)cc2)cc1. The molecule has 3 aromatic carbocycles. The van der Waals surface area contributed by atoms with Crippen molar-refractivity contribution < 1.29 is 14.3 Å². The summed E-state index contributed by atoms with van der Waals surface area (Å²) in [6.45, 7) is 2.02. The van der Waals surface area contributed by atoms with E-state index in [0.29, 0.717) is 17.1 Å². The van der Waals surface area contributed by atoms with Gasteiger partial charge in [-0.2, -0.15) is 0 Å². The van der Waals surface area contributed by atoms with E-state index in [1.807, 2.05) is 73.7 Å². The lowest BCUT2D eigenvalue weighted by molar-refractivity contribution is 0.104. The van der Waals surface area contributed by atoms with E-state index in [2.05, 4.69) is 0 Å². The Balaban J connectivity index is 1.94. The molecular formula is C23H20O3. The number of hydrogen-bond donors (Lipinski definition) is 0. The van der Waals surface area contributed by atoms with Crippen molar-refractivity contribution >= 4 is 11.5 Å². The minimum Gasteiger partial charge on any atom is -0.497 e. The molecule has 0 radical (unpaired) electrons. The Hall–Kier alpha value is -3.33. The second-order valence-electron chi connectivity index (χ2n) is 5.88. The van der Waals surface area contributed by atoms with E-state index < -0.39 is 0 Å². The quantitative estimate of drug-likeness (QED) is 0.345. The first kappa shape index (κ1) is 17.5. The van der Waals surface area contributed by atoms with Gasteiger partial charge in [-0.05, 0) is 31.2 Å². The molecule has 0 saturated heterocycles. The molecule has 0 fully saturated rings. The Labute approximate surface area is 153 Å². The fraction of sp³-hybridized carbons (Fsp3) is 0.0870. The lowest BCUT2D eigenvalue weighted by Crippen LogP contribution is -2.01. The van der Waals surface area contributed by atoms with Crippen LogP contribution in [-0.2, 0) is 0 Å². The fourth-order valence-corrected chi connectivity index (χ4v) is 2.47. The summed E-state index contributed by atoms with van der Waals surface area (Å²) in [5, 5.41) is 0. The first-order valence-corrected chi connectivity index (χ1v) is 8.36. The molecule has 0 aromatic heterocycles. The number of carbonyl (C=O) groups excluding carboxylic acids is 1. The van der Waals surface area contributed by atoms with Crippen LogP contribution in [-0.4, -0.2) is 12.9 Å². The van der Waals surface area contributed by atoms with Crippen molar-refractivity contribution in [2.24, 2.45) is 0 Å². The van der Waals surface area contributed by atoms with Gasteiger partial charge in [0.2, 0.25) is 0 Å². The van der Waals surface area contributed by atoms with E-state index >= 15 is 0 Å². The highest BCUT2D eigenvalue weighted by Gasteiger charge is 2.10. The number of aryl methyl sites for hydroxylation is 1. The van der Waals surface area contributed by atoms with Crippen molar-refractivity contribution in [3.05, 3.63) is 102 Å². The minimum absolute atomic E-state index is 0.102. The average molecular weight is 344 g/mol. The Bertz CT molecular complexity index is 892. The molecule has 0 aliphatic rings. The first-order chi connectivity index (χ1) is 12.7. The smallest absolute Gasteiger partial charge is 0.189 e. The van der Waals surface area contributed by atoms with Gasteiger partial charge in [0.1, 0.15) is 17.3 Å². The molecule has 130 valence electrons. The summed E-state index contributed by atoms with van der Waals surface area (Å²) in [6, 6.07) is 24.3. The number of hydrogen-bond acceptors (Lipinski definition) is 3. The van der Waals surface area contributed by atoms with E-state index in [4.69, 9.17) is 9.47 Å². The zero-order valence-electron chi connectivity index (χ0n) is 14.8. The fourth-order valence-electron chi connectivity index (χ4n) is 2.47. The summed E-state index contributed by atoms with van der Waals surface area (Å²) in [7, 11) is 1.62. The van der Waals surface area contributed by atoms with E-state index in [9.17, 15) is 4.79 Å². The Kier molecular flexibility index (Phi) is 5.49. The van der Waals surface area contributed by atoms with Gasteiger partial charge < -0.3 is 9.47 Å². The summed E-state index contributed by atoms with van der Waals surface area (Å²) in [4.78, 5) is 12.6. The number of ketones is 1. The highest BCUT2D eigenvalue weighted by Crippen LogP contribution is 2.24. The maximum absolute atomic E-state index is 12.6. The van der Waals surface area contributed by atoms with Crippen molar-refractivity contribution in [1.82, 2.24) is 0 Å². The largest absolute Gasteiger partial charge is 0.497 e. The van der Waals surface area contributed by atoms with E-state index in [1.54, 1.807) is 19.2 Å². The van der Waals surface area contributed by atoms with E-state index in [-0.39, 0.29) is 5.78 Å². The van der Waals surface area contributed by atoms with Gasteiger partial charge in [0.15, 0.2) is 5.78 Å². The highest BCUT2D eigenvalue weighted by atomic mass is 16.5. The Morgan fingerprint density at radius 2 is 1.38 bits per heavy atom. The van der Waals surface area contributed by atoms with Crippen LogP contribution in [0.2, 0.25) is 0 Å². The van der Waals surface area contributed by atoms with Gasteiger partial charge >= 0.3 is 0 Å². The molecule has 3 heteroatoms. The Morgan fingerprint density at radius 1 is 0.769 bits per heavy atom. The summed E-state index contributed by atoms with van der Waals surface area (Å²) >= 11 is 0. The predicted molar refractivity (Wildman–Crippen MR) is 104 cm³/mol. The predicted octanol–water partition coefficient (Wildman–Crippen LogP) is 5.31. The van der Waals surface area contributed by atoms with Crippen LogP contribution in [0.25, 0.3) is 5.76 Å². The number of benzene rings is 3. The normalized spacial score (nSPS) is 11.1. The molecule has 3 rings (SSSR count). The van der Waals surface area contributed by atoms with Crippen molar-refractivity contribution in [3.8, 4) is 11.5 Å². The van der Waals surface area contributed by atoms with Crippen LogP contribution < -0.4 is 9.47 Å². The van der Waals surface area contributed by atoms with Gasteiger partial charge in [-0.3, -0.25) is 4.79 Å². The maximum atomic E-state index is 12.6. The maximum Gasteiger partial charge on any atom is 0.189 e. The van der Waals surface area contributed by atoms with Gasteiger partial charge in [0.05, 0.1) is 7.11 Å². The second kappa shape index (κ2) is 8.17. The molecule has 26 heavy (non-hydrogen) atoms. The number of allylic oxidation sites excluding steroid dienone is 1. The molecule has 3 nitrogen and oxygen atoms in total. The van der Waals surface area contributed by atoms with Crippen LogP contribution in [0.3, 0.4) is 0 Å². The molecule has 0 saturated carbocycles. The van der Waals surface area contributed by atoms with Crippen molar-refractivity contribution in [2.45, 2.75) is 6.92 Å². The third-order valence-electron chi connectivity index (χ3n) is 3.94. The lowest BCUT2D eigenvalue weighted by Gasteiger charge is -2.11. The van der Waals surface area contributed by atoms with E-state index in [1.165, 1.54) is 6.08 Å². The molecule has 0 aliphatic carbocycles. The van der Waals surface area contributed by atoms with Gasteiger partial charge in [-0.15, -0.1) is 0 Å². The van der Waals surface area contributed by atoms with Crippen molar-refractivity contribution in [3.63, 3.8) is 0 Å². The van der Waals surface area contributed by atoms with Gasteiger partial charge in [0.25, 0.3) is 0 Å². The lowest BCUT2D eigenvalue weighted by atomic mass is 10.1. The summed E-state index contributed by atoms with van der Waals surface area (Å²) in [6.07, 6.45) is 1.53.